The summed E-state index contributed by atoms with van der Waals surface area (Å²) in [6.45, 7) is 5.50. The van der Waals surface area contributed by atoms with Crippen LogP contribution in [0.2, 0.25) is 0 Å². The van der Waals surface area contributed by atoms with Crippen molar-refractivity contribution in [3.05, 3.63) is 53.6 Å². The molecule has 27 heavy (non-hydrogen) atoms. The van der Waals surface area contributed by atoms with Gasteiger partial charge < -0.3 is 10.4 Å². The molecule has 140 valence electrons. The zero-order chi connectivity index (χ0) is 19.2. The molecule has 1 aliphatic heterocycles. The number of anilines is 1. The molecule has 4 rings (SSSR count). The summed E-state index contributed by atoms with van der Waals surface area (Å²) in [7, 11) is 0. The van der Waals surface area contributed by atoms with Crippen LogP contribution in [0.15, 0.2) is 41.7 Å². The molecule has 3 aromatic rings. The molecule has 1 atom stereocenters. The maximum Gasteiger partial charge on any atom is 0.182 e. The lowest BCUT2D eigenvalue weighted by Gasteiger charge is -2.16. The summed E-state index contributed by atoms with van der Waals surface area (Å²) >= 11 is 0. The molecular weight excluding hydrogens is 351 g/mol. The summed E-state index contributed by atoms with van der Waals surface area (Å²) in [5, 5.41) is 17.4. The van der Waals surface area contributed by atoms with E-state index in [9.17, 15) is 9.50 Å². The van der Waals surface area contributed by atoms with Crippen molar-refractivity contribution in [1.29, 1.82) is 0 Å². The van der Waals surface area contributed by atoms with Crippen molar-refractivity contribution < 1.29 is 14.3 Å². The molecule has 1 aromatic carbocycles. The summed E-state index contributed by atoms with van der Waals surface area (Å²) in [5.74, 6) is 0.715. The molecule has 9 heteroatoms. The fourth-order valence-corrected chi connectivity index (χ4v) is 2.89. The van der Waals surface area contributed by atoms with Crippen LogP contribution < -0.4 is 10.8 Å². The Morgan fingerprint density at radius 3 is 2.89 bits per heavy atom. The van der Waals surface area contributed by atoms with Gasteiger partial charge in [-0.15, -0.1) is 0 Å². The molecule has 0 amide bonds. The SMILES string of the molecule is C[C@@H](Nc1ccn2ncc(C3=NC(C)(C)ON3)c2n1)c1cc(F)ccc1O. The smallest absolute Gasteiger partial charge is 0.182 e. The molecule has 0 fully saturated rings. The van der Waals surface area contributed by atoms with Crippen LogP contribution in [0.5, 0.6) is 5.75 Å². The van der Waals surface area contributed by atoms with Gasteiger partial charge in [0.2, 0.25) is 0 Å². The van der Waals surface area contributed by atoms with Crippen molar-refractivity contribution in [2.45, 2.75) is 32.5 Å². The third-order valence-electron chi connectivity index (χ3n) is 4.22. The highest BCUT2D eigenvalue weighted by Crippen LogP contribution is 2.27. The number of aliphatic imine (C=N–C) groups is 1. The molecule has 8 nitrogen and oxygen atoms in total. The number of hydrogen-bond donors (Lipinski definition) is 3. The largest absolute Gasteiger partial charge is 0.508 e. The number of aromatic nitrogens is 3. The molecule has 0 aliphatic carbocycles. The maximum absolute atomic E-state index is 13.5. The second-order valence-corrected chi connectivity index (χ2v) is 6.82. The fourth-order valence-electron chi connectivity index (χ4n) is 2.89. The lowest BCUT2D eigenvalue weighted by atomic mass is 10.1. The predicted octanol–water partition coefficient (Wildman–Crippen LogP) is 2.76. The second-order valence-electron chi connectivity index (χ2n) is 6.82. The molecule has 3 N–H and O–H groups in total. The molecule has 0 unspecified atom stereocenters. The summed E-state index contributed by atoms with van der Waals surface area (Å²) < 4.78 is 15.1. The second kappa shape index (κ2) is 6.20. The molecule has 0 radical (unpaired) electrons. The quantitative estimate of drug-likeness (QED) is 0.654. The molecule has 0 spiro atoms. The number of aromatic hydroxyl groups is 1. The molecule has 0 saturated heterocycles. The van der Waals surface area contributed by atoms with Crippen LogP contribution in [0.4, 0.5) is 10.2 Å². The van der Waals surface area contributed by atoms with Crippen LogP contribution in [0.25, 0.3) is 5.65 Å². The van der Waals surface area contributed by atoms with Crippen LogP contribution in [0.1, 0.15) is 37.9 Å². The predicted molar refractivity (Wildman–Crippen MR) is 97.9 cm³/mol. The minimum atomic E-state index is -0.664. The first kappa shape index (κ1) is 17.2. The van der Waals surface area contributed by atoms with Crippen molar-refractivity contribution in [3.63, 3.8) is 0 Å². The van der Waals surface area contributed by atoms with Crippen LogP contribution >= 0.6 is 0 Å². The first-order valence-electron chi connectivity index (χ1n) is 8.46. The number of rotatable bonds is 4. The average Bonchev–Trinajstić information content (AvgIpc) is 3.19. The number of nitrogens with one attached hydrogen (secondary N) is 2. The molecule has 0 saturated carbocycles. The van der Waals surface area contributed by atoms with Gasteiger partial charge >= 0.3 is 0 Å². The van der Waals surface area contributed by atoms with Crippen molar-refractivity contribution in [2.75, 3.05) is 5.32 Å². The van der Waals surface area contributed by atoms with Crippen molar-refractivity contribution in [2.24, 2.45) is 4.99 Å². The Hall–Kier alpha value is -3.20. The third-order valence-corrected chi connectivity index (χ3v) is 4.22. The Balaban J connectivity index is 1.65. The maximum atomic E-state index is 13.5. The molecule has 2 aromatic heterocycles. The van der Waals surface area contributed by atoms with Gasteiger partial charge in [-0.05, 0) is 45.0 Å². The average molecular weight is 370 g/mol. The van der Waals surface area contributed by atoms with E-state index < -0.39 is 11.5 Å². The Bertz CT molecular complexity index is 1050. The molecular formula is C18H19FN6O2. The van der Waals surface area contributed by atoms with Crippen molar-refractivity contribution >= 4 is 17.3 Å². The van der Waals surface area contributed by atoms with Gasteiger partial charge in [-0.3, -0.25) is 0 Å². The normalized spacial score (nSPS) is 16.8. The van der Waals surface area contributed by atoms with E-state index in [-0.39, 0.29) is 11.8 Å². The number of halogens is 1. The van der Waals surface area contributed by atoms with Crippen molar-refractivity contribution in [1.82, 2.24) is 20.1 Å². The van der Waals surface area contributed by atoms with Crippen LogP contribution in [0.3, 0.4) is 0 Å². The van der Waals surface area contributed by atoms with Gasteiger partial charge in [0.15, 0.2) is 17.2 Å². The van der Waals surface area contributed by atoms with Crippen LogP contribution in [-0.4, -0.2) is 31.3 Å². The summed E-state index contributed by atoms with van der Waals surface area (Å²) in [4.78, 5) is 14.5. The molecule has 1 aliphatic rings. The van der Waals surface area contributed by atoms with E-state index in [4.69, 9.17) is 4.84 Å². The number of phenolic OH excluding ortho intramolecular Hbond substituents is 1. The highest BCUT2D eigenvalue weighted by Gasteiger charge is 2.28. The summed E-state index contributed by atoms with van der Waals surface area (Å²) in [6, 6.07) is 5.24. The van der Waals surface area contributed by atoms with E-state index in [0.717, 1.165) is 0 Å². The van der Waals surface area contributed by atoms with Crippen LogP contribution in [0, 0.1) is 5.82 Å². The summed E-state index contributed by atoms with van der Waals surface area (Å²) in [5.41, 5.74) is 3.87. The van der Waals surface area contributed by atoms with Crippen LogP contribution in [-0.2, 0) is 4.84 Å². The number of hydrogen-bond acceptors (Lipinski definition) is 7. The molecule has 3 heterocycles. The van der Waals surface area contributed by atoms with Gasteiger partial charge in [-0.1, -0.05) is 0 Å². The number of amidine groups is 1. The first-order chi connectivity index (χ1) is 12.8. The Labute approximate surface area is 154 Å². The zero-order valence-electron chi connectivity index (χ0n) is 15.1. The summed E-state index contributed by atoms with van der Waals surface area (Å²) in [6.07, 6.45) is 3.42. The van der Waals surface area contributed by atoms with Crippen molar-refractivity contribution in [3.8, 4) is 5.75 Å². The van der Waals surface area contributed by atoms with Gasteiger partial charge in [0, 0.05) is 11.8 Å². The topological polar surface area (TPSA) is 96.1 Å². The fraction of sp³-hybridized carbons (Fsp3) is 0.278. The van der Waals surface area contributed by atoms with Gasteiger partial charge in [0.25, 0.3) is 0 Å². The monoisotopic (exact) mass is 370 g/mol. The number of benzene rings is 1. The first-order valence-corrected chi connectivity index (χ1v) is 8.46. The lowest BCUT2D eigenvalue weighted by molar-refractivity contribution is -0.0269. The number of phenols is 1. The Morgan fingerprint density at radius 1 is 1.33 bits per heavy atom. The van der Waals surface area contributed by atoms with E-state index in [1.165, 1.54) is 18.2 Å². The number of nitrogens with zero attached hydrogens (tertiary/aromatic N) is 4. The third kappa shape index (κ3) is 3.28. The number of fused-ring (bicyclic) bond motifs is 1. The van der Waals surface area contributed by atoms with E-state index in [1.807, 2.05) is 20.8 Å². The van der Waals surface area contributed by atoms with E-state index >= 15 is 0 Å². The standard InChI is InChI=1S/C18H19FN6O2/c1-10(12-8-11(19)4-5-14(12)26)21-15-6-7-25-17(22-15)13(9-20-25)16-23-18(2,3)27-24-16/h4-10,26H,1-3H3,(H,21,22)(H,23,24)/t10-/m1/s1. The zero-order valence-corrected chi connectivity index (χ0v) is 15.1. The van der Waals surface area contributed by atoms with E-state index in [2.05, 4.69) is 25.9 Å². The van der Waals surface area contributed by atoms with E-state index in [0.29, 0.717) is 28.4 Å². The minimum Gasteiger partial charge on any atom is -0.508 e. The van der Waals surface area contributed by atoms with E-state index in [1.54, 1.807) is 23.0 Å². The Kier molecular flexibility index (Phi) is 3.96. The van der Waals surface area contributed by atoms with Gasteiger partial charge in [0.05, 0.1) is 17.8 Å². The van der Waals surface area contributed by atoms with Gasteiger partial charge in [0.1, 0.15) is 17.4 Å². The molecule has 0 bridgehead atoms. The van der Waals surface area contributed by atoms with Gasteiger partial charge in [-0.2, -0.15) is 5.10 Å². The Morgan fingerprint density at radius 2 is 2.15 bits per heavy atom. The van der Waals surface area contributed by atoms with Gasteiger partial charge in [-0.25, -0.2) is 29.2 Å². The number of hydroxylamine groups is 1. The lowest BCUT2D eigenvalue weighted by Crippen LogP contribution is -2.23. The highest BCUT2D eigenvalue weighted by atomic mass is 19.1. The highest BCUT2D eigenvalue weighted by molar-refractivity contribution is 6.03. The minimum absolute atomic E-state index is 0.0198.